The number of nitrogens with one attached hydrogen (secondary N) is 2. The third-order valence-electron chi connectivity index (χ3n) is 2.31. The van der Waals surface area contributed by atoms with Crippen LogP contribution in [0.1, 0.15) is 16.6 Å². The lowest BCUT2D eigenvalue weighted by Crippen LogP contribution is -2.51. The summed E-state index contributed by atoms with van der Waals surface area (Å²) in [6.45, 7) is 0.159. The smallest absolute Gasteiger partial charge is 0.328 e. The third-order valence-corrected chi connectivity index (χ3v) is 3.93. The van der Waals surface area contributed by atoms with Gasteiger partial charge in [-0.15, -0.1) is 11.3 Å². The number of amides is 2. The van der Waals surface area contributed by atoms with Gasteiger partial charge in [-0.25, -0.2) is 9.18 Å². The Balaban J connectivity index is 2.57. The molecule has 2 unspecified atom stereocenters. The standard InChI is InChI=1S/C11H12BrFN2O4S/c1-5(9(16)15-6(4-13)11(18)19)14-10(17)7-2-3-8(12)20-7/h2-3,5-6H,4H2,1H3,(H,14,17)(H,15,16)(H,18,19). The largest absolute Gasteiger partial charge is 0.480 e. The van der Waals surface area contributed by atoms with Crippen LogP contribution in [0.15, 0.2) is 15.9 Å². The van der Waals surface area contributed by atoms with Crippen LogP contribution in [-0.4, -0.2) is 41.6 Å². The highest BCUT2D eigenvalue weighted by Gasteiger charge is 2.24. The van der Waals surface area contributed by atoms with Crippen LogP contribution in [0, 0.1) is 0 Å². The molecule has 0 fully saturated rings. The maximum atomic E-state index is 12.4. The fourth-order valence-electron chi connectivity index (χ4n) is 1.23. The Labute approximate surface area is 126 Å². The molecule has 0 saturated heterocycles. The molecule has 0 spiro atoms. The van der Waals surface area contributed by atoms with E-state index >= 15 is 0 Å². The summed E-state index contributed by atoms with van der Waals surface area (Å²) < 4.78 is 13.1. The normalized spacial score (nSPS) is 13.3. The van der Waals surface area contributed by atoms with Crippen LogP contribution in [-0.2, 0) is 9.59 Å². The first kappa shape index (κ1) is 16.6. The first-order valence-corrected chi connectivity index (χ1v) is 7.11. The summed E-state index contributed by atoms with van der Waals surface area (Å²) in [4.78, 5) is 34.4. The summed E-state index contributed by atoms with van der Waals surface area (Å²) in [7, 11) is 0. The lowest BCUT2D eigenvalue weighted by atomic mass is 10.2. The van der Waals surface area contributed by atoms with E-state index in [0.717, 1.165) is 3.79 Å². The second kappa shape index (κ2) is 7.34. The lowest BCUT2D eigenvalue weighted by Gasteiger charge is -2.16. The maximum Gasteiger partial charge on any atom is 0.328 e. The molecule has 2 amide bonds. The second-order valence-corrected chi connectivity index (χ2v) is 6.32. The Hall–Kier alpha value is -1.48. The van der Waals surface area contributed by atoms with Crippen LogP contribution in [0.25, 0.3) is 0 Å². The van der Waals surface area contributed by atoms with Crippen LogP contribution >= 0.6 is 27.3 Å². The minimum Gasteiger partial charge on any atom is -0.480 e. The van der Waals surface area contributed by atoms with Gasteiger partial charge in [0.1, 0.15) is 12.7 Å². The summed E-state index contributed by atoms with van der Waals surface area (Å²) in [5.41, 5.74) is 0. The zero-order valence-electron chi connectivity index (χ0n) is 10.4. The fourth-order valence-corrected chi connectivity index (χ4v) is 2.52. The van der Waals surface area contributed by atoms with Gasteiger partial charge in [-0.3, -0.25) is 9.59 Å². The molecule has 0 aliphatic carbocycles. The van der Waals surface area contributed by atoms with Gasteiger partial charge >= 0.3 is 5.97 Å². The molecule has 0 aliphatic heterocycles. The number of hydrogen-bond donors (Lipinski definition) is 3. The van der Waals surface area contributed by atoms with Crippen molar-refractivity contribution in [3.8, 4) is 0 Å². The average molecular weight is 367 g/mol. The molecule has 0 aliphatic rings. The van der Waals surface area contributed by atoms with E-state index in [4.69, 9.17) is 5.11 Å². The predicted octanol–water partition coefficient (Wildman–Crippen LogP) is 1.17. The summed E-state index contributed by atoms with van der Waals surface area (Å²) in [6.07, 6.45) is 0. The van der Waals surface area contributed by atoms with Crippen LogP contribution in [0.2, 0.25) is 0 Å². The maximum absolute atomic E-state index is 12.4. The van der Waals surface area contributed by atoms with E-state index in [0.29, 0.717) is 4.88 Å². The van der Waals surface area contributed by atoms with Crippen LogP contribution in [0.4, 0.5) is 4.39 Å². The molecule has 0 bridgehead atoms. The van der Waals surface area contributed by atoms with E-state index < -0.39 is 36.5 Å². The van der Waals surface area contributed by atoms with Crippen molar-refractivity contribution >= 4 is 45.1 Å². The molecule has 1 aromatic heterocycles. The van der Waals surface area contributed by atoms with Gasteiger partial charge in [0, 0.05) is 0 Å². The van der Waals surface area contributed by atoms with Crippen molar-refractivity contribution in [1.82, 2.24) is 10.6 Å². The van der Waals surface area contributed by atoms with Gasteiger partial charge in [0.25, 0.3) is 5.91 Å². The predicted molar refractivity (Wildman–Crippen MR) is 74.5 cm³/mol. The first-order chi connectivity index (χ1) is 9.35. The topological polar surface area (TPSA) is 95.5 Å². The zero-order chi connectivity index (χ0) is 15.3. The number of rotatable bonds is 6. The van der Waals surface area contributed by atoms with Crippen molar-refractivity contribution in [3.63, 3.8) is 0 Å². The van der Waals surface area contributed by atoms with E-state index in [2.05, 4.69) is 21.2 Å². The van der Waals surface area contributed by atoms with Gasteiger partial charge in [-0.05, 0) is 35.0 Å². The second-order valence-electron chi connectivity index (χ2n) is 3.85. The highest BCUT2D eigenvalue weighted by atomic mass is 79.9. The molecule has 1 aromatic rings. The van der Waals surface area contributed by atoms with Crippen molar-refractivity contribution in [2.24, 2.45) is 0 Å². The van der Waals surface area contributed by atoms with Gasteiger partial charge in [-0.2, -0.15) is 0 Å². The van der Waals surface area contributed by atoms with Crippen molar-refractivity contribution < 1.29 is 23.9 Å². The number of alkyl halides is 1. The molecule has 6 nitrogen and oxygen atoms in total. The van der Waals surface area contributed by atoms with Gasteiger partial charge in [0.2, 0.25) is 5.91 Å². The molecule has 110 valence electrons. The Bertz CT molecular complexity index is 522. The molecule has 1 rings (SSSR count). The van der Waals surface area contributed by atoms with E-state index in [1.165, 1.54) is 18.3 Å². The quantitative estimate of drug-likeness (QED) is 0.703. The molecular formula is C11H12BrFN2O4S. The third kappa shape index (κ3) is 4.57. The summed E-state index contributed by atoms with van der Waals surface area (Å²) in [6, 6.07) is 0.680. The molecule has 2 atom stereocenters. The van der Waals surface area contributed by atoms with Crippen molar-refractivity contribution in [3.05, 3.63) is 20.8 Å². The molecule has 0 saturated carbocycles. The number of carbonyl (C=O) groups excluding carboxylic acids is 2. The minimum atomic E-state index is -1.61. The lowest BCUT2D eigenvalue weighted by molar-refractivity contribution is -0.142. The zero-order valence-corrected chi connectivity index (χ0v) is 12.8. The Morgan fingerprint density at radius 3 is 2.50 bits per heavy atom. The summed E-state index contributed by atoms with van der Waals surface area (Å²) in [5, 5.41) is 13.0. The number of hydrogen-bond acceptors (Lipinski definition) is 4. The number of halogens is 2. The molecule has 0 radical (unpaired) electrons. The SMILES string of the molecule is CC(NC(=O)c1ccc(Br)s1)C(=O)NC(CF)C(=O)O. The van der Waals surface area contributed by atoms with Crippen molar-refractivity contribution in [2.75, 3.05) is 6.67 Å². The van der Waals surface area contributed by atoms with Crippen LogP contribution in [0.5, 0.6) is 0 Å². The number of carbonyl (C=O) groups is 3. The van der Waals surface area contributed by atoms with Crippen LogP contribution in [0.3, 0.4) is 0 Å². The Morgan fingerprint density at radius 2 is 2.05 bits per heavy atom. The summed E-state index contributed by atoms with van der Waals surface area (Å²) >= 11 is 4.40. The van der Waals surface area contributed by atoms with Crippen molar-refractivity contribution in [2.45, 2.75) is 19.0 Å². The molecule has 20 heavy (non-hydrogen) atoms. The molecule has 1 heterocycles. The highest BCUT2D eigenvalue weighted by Crippen LogP contribution is 2.21. The average Bonchev–Trinajstić information content (AvgIpc) is 2.81. The summed E-state index contributed by atoms with van der Waals surface area (Å²) in [5.74, 6) is -2.70. The number of carboxylic acids is 1. The van der Waals surface area contributed by atoms with Crippen LogP contribution < -0.4 is 10.6 Å². The van der Waals surface area contributed by atoms with E-state index in [1.54, 1.807) is 12.1 Å². The molecular weight excluding hydrogens is 355 g/mol. The van der Waals surface area contributed by atoms with Crippen molar-refractivity contribution in [1.29, 1.82) is 0 Å². The fraction of sp³-hybridized carbons (Fsp3) is 0.364. The molecule has 0 aromatic carbocycles. The highest BCUT2D eigenvalue weighted by molar-refractivity contribution is 9.11. The van der Waals surface area contributed by atoms with E-state index in [-0.39, 0.29) is 0 Å². The minimum absolute atomic E-state index is 0.400. The Kier molecular flexibility index (Phi) is 6.08. The first-order valence-electron chi connectivity index (χ1n) is 5.50. The monoisotopic (exact) mass is 366 g/mol. The van der Waals surface area contributed by atoms with Gasteiger partial charge in [0.05, 0.1) is 8.66 Å². The Morgan fingerprint density at radius 1 is 1.40 bits per heavy atom. The molecule has 9 heteroatoms. The van der Waals surface area contributed by atoms with E-state index in [1.807, 2.05) is 5.32 Å². The molecule has 3 N–H and O–H groups in total. The number of thiophene rings is 1. The van der Waals surface area contributed by atoms with E-state index in [9.17, 15) is 18.8 Å². The van der Waals surface area contributed by atoms with Gasteiger partial charge < -0.3 is 15.7 Å². The number of aliphatic carboxylic acids is 1. The van der Waals surface area contributed by atoms with Gasteiger partial charge in [0.15, 0.2) is 6.04 Å². The van der Waals surface area contributed by atoms with Gasteiger partial charge in [-0.1, -0.05) is 0 Å². The number of carboxylic acid groups (broad SMARTS) is 1.